The number of hydrogen-bond acceptors (Lipinski definition) is 2. The van der Waals surface area contributed by atoms with Gasteiger partial charge in [0.1, 0.15) is 0 Å². The number of rotatable bonds is 1. The molecular formula is C11H10N2. The lowest BCUT2D eigenvalue weighted by molar-refractivity contribution is 1.20. The summed E-state index contributed by atoms with van der Waals surface area (Å²) in [5, 5.41) is 0. The van der Waals surface area contributed by atoms with Crippen LogP contribution < -0.4 is 0 Å². The molecule has 0 radical (unpaired) electrons. The third-order valence-corrected chi connectivity index (χ3v) is 1.85. The first-order valence-corrected chi connectivity index (χ1v) is 4.20. The van der Waals surface area contributed by atoms with Crippen molar-refractivity contribution in [2.45, 2.75) is 6.92 Å². The first-order valence-electron chi connectivity index (χ1n) is 4.20. The van der Waals surface area contributed by atoms with E-state index in [0.717, 1.165) is 17.0 Å². The van der Waals surface area contributed by atoms with Crippen LogP contribution in [0.2, 0.25) is 0 Å². The van der Waals surface area contributed by atoms with E-state index >= 15 is 0 Å². The third-order valence-electron chi connectivity index (χ3n) is 1.85. The van der Waals surface area contributed by atoms with E-state index in [2.05, 4.69) is 9.97 Å². The molecule has 2 nitrogen and oxygen atoms in total. The van der Waals surface area contributed by atoms with E-state index in [4.69, 9.17) is 0 Å². The summed E-state index contributed by atoms with van der Waals surface area (Å²) < 4.78 is 0. The van der Waals surface area contributed by atoms with Gasteiger partial charge in [-0.15, -0.1) is 0 Å². The van der Waals surface area contributed by atoms with Crippen molar-refractivity contribution >= 4 is 0 Å². The molecule has 2 aromatic heterocycles. The zero-order valence-electron chi connectivity index (χ0n) is 7.44. The fourth-order valence-corrected chi connectivity index (χ4v) is 1.22. The van der Waals surface area contributed by atoms with Crippen molar-refractivity contribution in [3.63, 3.8) is 0 Å². The molecule has 64 valence electrons. The zero-order valence-corrected chi connectivity index (χ0v) is 7.44. The molecule has 0 fully saturated rings. The summed E-state index contributed by atoms with van der Waals surface area (Å²) in [5.74, 6) is 0. The minimum atomic E-state index is 0.980. The number of pyridine rings is 2. The number of nitrogens with zero attached hydrogens (tertiary/aromatic N) is 2. The number of aryl methyl sites for hydroxylation is 1. The summed E-state index contributed by atoms with van der Waals surface area (Å²) >= 11 is 0. The monoisotopic (exact) mass is 170 g/mol. The van der Waals surface area contributed by atoms with Crippen LogP contribution in [0.3, 0.4) is 0 Å². The van der Waals surface area contributed by atoms with E-state index in [1.807, 2.05) is 43.5 Å². The molecule has 2 heterocycles. The maximum absolute atomic E-state index is 4.40. The second kappa shape index (κ2) is 3.35. The third kappa shape index (κ3) is 1.72. The molecule has 2 heteroatoms. The lowest BCUT2D eigenvalue weighted by atomic mass is 10.2. The van der Waals surface area contributed by atoms with Gasteiger partial charge in [0.15, 0.2) is 0 Å². The predicted molar refractivity (Wildman–Crippen MR) is 52.2 cm³/mol. The molecule has 0 saturated carbocycles. The summed E-state index contributed by atoms with van der Waals surface area (Å²) in [6, 6.07) is 9.91. The molecule has 0 saturated heterocycles. The molecule has 0 bridgehead atoms. The Hall–Kier alpha value is -1.70. The fraction of sp³-hybridized carbons (Fsp3) is 0.0909. The largest absolute Gasteiger partial charge is 0.264 e. The fourth-order valence-electron chi connectivity index (χ4n) is 1.22. The van der Waals surface area contributed by atoms with Crippen LogP contribution in [0.15, 0.2) is 42.7 Å². The van der Waals surface area contributed by atoms with Crippen molar-refractivity contribution in [1.82, 2.24) is 9.97 Å². The van der Waals surface area contributed by atoms with Crippen molar-refractivity contribution in [3.05, 3.63) is 48.4 Å². The topological polar surface area (TPSA) is 25.8 Å². The van der Waals surface area contributed by atoms with Crippen LogP contribution >= 0.6 is 0 Å². The van der Waals surface area contributed by atoms with Crippen LogP contribution in [0, 0.1) is 6.92 Å². The number of hydrogen-bond donors (Lipinski definition) is 0. The van der Waals surface area contributed by atoms with E-state index in [9.17, 15) is 0 Å². The van der Waals surface area contributed by atoms with Crippen LogP contribution in [-0.2, 0) is 0 Å². The van der Waals surface area contributed by atoms with Crippen molar-refractivity contribution in [2.24, 2.45) is 0 Å². The van der Waals surface area contributed by atoms with Crippen LogP contribution in [0.4, 0.5) is 0 Å². The molecule has 0 N–H and O–H groups in total. The Balaban J connectivity index is 2.48. The molecular weight excluding hydrogens is 160 g/mol. The predicted octanol–water partition coefficient (Wildman–Crippen LogP) is 2.45. The summed E-state index contributed by atoms with van der Waals surface area (Å²) in [6.45, 7) is 1.99. The molecule has 0 aliphatic rings. The van der Waals surface area contributed by atoms with Gasteiger partial charge in [-0.25, -0.2) is 0 Å². The van der Waals surface area contributed by atoms with Crippen LogP contribution in [0.25, 0.3) is 11.3 Å². The maximum atomic E-state index is 4.40. The average Bonchev–Trinajstić information content (AvgIpc) is 2.19. The standard InChI is InChI=1S/C11H10N2/c1-9-4-2-6-11(13-9)10-5-3-7-12-8-10/h2-8H,1H3. The quantitative estimate of drug-likeness (QED) is 0.657. The van der Waals surface area contributed by atoms with Gasteiger partial charge < -0.3 is 0 Å². The Morgan fingerprint density at radius 1 is 1.08 bits per heavy atom. The van der Waals surface area contributed by atoms with Gasteiger partial charge in [0, 0.05) is 23.7 Å². The molecule has 0 spiro atoms. The smallest absolute Gasteiger partial charge is 0.0720 e. The Morgan fingerprint density at radius 2 is 2.00 bits per heavy atom. The van der Waals surface area contributed by atoms with E-state index < -0.39 is 0 Å². The van der Waals surface area contributed by atoms with Gasteiger partial charge in [0.25, 0.3) is 0 Å². The molecule has 2 aromatic rings. The van der Waals surface area contributed by atoms with Crippen molar-refractivity contribution < 1.29 is 0 Å². The van der Waals surface area contributed by atoms with Crippen LogP contribution in [0.1, 0.15) is 5.69 Å². The highest BCUT2D eigenvalue weighted by molar-refractivity contribution is 5.57. The van der Waals surface area contributed by atoms with E-state index in [1.165, 1.54) is 0 Å². The van der Waals surface area contributed by atoms with E-state index in [1.54, 1.807) is 6.20 Å². The van der Waals surface area contributed by atoms with E-state index in [-0.39, 0.29) is 0 Å². The molecule has 0 atom stereocenters. The Labute approximate surface area is 77.3 Å². The van der Waals surface area contributed by atoms with Gasteiger partial charge in [-0.1, -0.05) is 6.07 Å². The summed E-state index contributed by atoms with van der Waals surface area (Å²) in [7, 11) is 0. The molecule has 0 aliphatic heterocycles. The molecule has 0 amide bonds. The first-order chi connectivity index (χ1) is 6.36. The van der Waals surface area contributed by atoms with Crippen molar-refractivity contribution in [2.75, 3.05) is 0 Å². The highest BCUT2D eigenvalue weighted by atomic mass is 14.7. The minimum absolute atomic E-state index is 0.980. The maximum Gasteiger partial charge on any atom is 0.0720 e. The molecule has 13 heavy (non-hydrogen) atoms. The highest BCUT2D eigenvalue weighted by Crippen LogP contribution is 2.14. The minimum Gasteiger partial charge on any atom is -0.264 e. The van der Waals surface area contributed by atoms with Gasteiger partial charge >= 0.3 is 0 Å². The lowest BCUT2D eigenvalue weighted by Crippen LogP contribution is -1.85. The zero-order chi connectivity index (χ0) is 9.10. The van der Waals surface area contributed by atoms with Crippen LogP contribution in [0.5, 0.6) is 0 Å². The Bertz CT molecular complexity index is 396. The highest BCUT2D eigenvalue weighted by Gasteiger charge is 1.97. The molecule has 0 aromatic carbocycles. The Morgan fingerprint density at radius 3 is 2.69 bits per heavy atom. The average molecular weight is 170 g/mol. The first kappa shape index (κ1) is 7.92. The summed E-state index contributed by atoms with van der Waals surface area (Å²) in [4.78, 5) is 8.45. The van der Waals surface area contributed by atoms with Gasteiger partial charge in [-0.2, -0.15) is 0 Å². The Kier molecular flexibility index (Phi) is 2.04. The molecule has 0 aliphatic carbocycles. The second-order valence-corrected chi connectivity index (χ2v) is 2.91. The normalized spacial score (nSPS) is 9.92. The lowest BCUT2D eigenvalue weighted by Gasteiger charge is -1.99. The summed E-state index contributed by atoms with van der Waals surface area (Å²) in [5.41, 5.74) is 3.07. The van der Waals surface area contributed by atoms with Gasteiger partial charge in [-0.3, -0.25) is 9.97 Å². The van der Waals surface area contributed by atoms with E-state index in [0.29, 0.717) is 0 Å². The van der Waals surface area contributed by atoms with Gasteiger partial charge in [0.2, 0.25) is 0 Å². The molecule has 0 unspecified atom stereocenters. The summed E-state index contributed by atoms with van der Waals surface area (Å²) in [6.07, 6.45) is 3.58. The van der Waals surface area contributed by atoms with Crippen molar-refractivity contribution in [3.8, 4) is 11.3 Å². The second-order valence-electron chi connectivity index (χ2n) is 2.91. The van der Waals surface area contributed by atoms with Crippen LogP contribution in [-0.4, -0.2) is 9.97 Å². The van der Waals surface area contributed by atoms with Gasteiger partial charge in [-0.05, 0) is 31.2 Å². The van der Waals surface area contributed by atoms with Crippen molar-refractivity contribution in [1.29, 1.82) is 0 Å². The SMILES string of the molecule is Cc1cccc(-c2cccnc2)n1. The van der Waals surface area contributed by atoms with Gasteiger partial charge in [0.05, 0.1) is 5.69 Å². The number of aromatic nitrogens is 2. The molecule has 2 rings (SSSR count).